The Kier molecular flexibility index (Phi) is 11.6. The van der Waals surface area contributed by atoms with E-state index < -0.39 is 8.07 Å². The van der Waals surface area contributed by atoms with Crippen LogP contribution in [0, 0.1) is 18.1 Å². The summed E-state index contributed by atoms with van der Waals surface area (Å²) in [6.45, 7) is 18.1. The Morgan fingerprint density at radius 3 is 2.32 bits per heavy atom. The van der Waals surface area contributed by atoms with Crippen molar-refractivity contribution in [1.82, 2.24) is 19.5 Å². The number of rotatable bonds is 6. The fourth-order valence-electron chi connectivity index (χ4n) is 7.69. The van der Waals surface area contributed by atoms with Crippen LogP contribution in [0.25, 0.3) is 55.7 Å². The van der Waals surface area contributed by atoms with E-state index in [0.29, 0.717) is 5.71 Å². The number of nitrogens with zero attached hydrogens (tertiary/aromatic N) is 4. The molecule has 1 aliphatic rings. The molecule has 0 aliphatic heterocycles. The standard InChI is InChI=1S/C25H24N3O.C21H28NSi.Ir/c1-15(2)28-20-12-7-6-11-19(20)26-23(28)18-10-8-9-16-17-13-14-21(25(3,4)5)27-24(17)29-22(16)18;1-23(2,3)21-16-22-20(18-12-8-5-9-13-18)15-19(21)14-17-10-6-4-7-11-17;/h6-9,11-15H,1-5H3;5,8-9,12,15-17H,4,6-7,10-11,14H2,1-3H3;/q2*-1;. The first-order valence-electron chi connectivity index (χ1n) is 19.1. The molecule has 8 rings (SSSR count). The van der Waals surface area contributed by atoms with E-state index in [1.807, 2.05) is 36.4 Å². The van der Waals surface area contributed by atoms with Gasteiger partial charge in [0.1, 0.15) is 0 Å². The summed E-state index contributed by atoms with van der Waals surface area (Å²) in [6.07, 6.45) is 10.5. The van der Waals surface area contributed by atoms with Gasteiger partial charge >= 0.3 is 0 Å². The number of para-hydroxylation sites is 2. The van der Waals surface area contributed by atoms with Crippen LogP contribution < -0.4 is 5.19 Å². The molecule has 0 spiro atoms. The van der Waals surface area contributed by atoms with Gasteiger partial charge in [0.25, 0.3) is 0 Å². The van der Waals surface area contributed by atoms with Crippen LogP contribution in [0.15, 0.2) is 89.5 Å². The van der Waals surface area contributed by atoms with Crippen molar-refractivity contribution in [2.75, 3.05) is 0 Å². The zero-order valence-corrected chi connectivity index (χ0v) is 35.9. The molecule has 5 nitrogen and oxygen atoms in total. The number of fused-ring (bicyclic) bond motifs is 4. The summed E-state index contributed by atoms with van der Waals surface area (Å²) >= 11 is 0. The second-order valence-electron chi connectivity index (χ2n) is 16.8. The maximum absolute atomic E-state index is 6.31. The number of benzene rings is 3. The molecule has 1 aliphatic carbocycles. The molecule has 4 aromatic heterocycles. The monoisotopic (exact) mass is 897 g/mol. The minimum Gasteiger partial charge on any atom is -0.486 e. The van der Waals surface area contributed by atoms with Gasteiger partial charge in [-0.05, 0) is 61.3 Å². The van der Waals surface area contributed by atoms with E-state index in [2.05, 4.69) is 120 Å². The van der Waals surface area contributed by atoms with Gasteiger partial charge in [0.15, 0.2) is 0 Å². The van der Waals surface area contributed by atoms with Gasteiger partial charge in [-0.25, -0.2) is 4.98 Å². The van der Waals surface area contributed by atoms with Gasteiger partial charge in [0.05, 0.1) is 30.5 Å². The fourth-order valence-corrected chi connectivity index (χ4v) is 9.28. The third-order valence-corrected chi connectivity index (χ3v) is 12.5. The largest absolute Gasteiger partial charge is 0.486 e. The predicted octanol–water partition coefficient (Wildman–Crippen LogP) is 11.9. The van der Waals surface area contributed by atoms with Crippen molar-refractivity contribution in [2.45, 2.75) is 104 Å². The topological polar surface area (TPSA) is 56.7 Å². The van der Waals surface area contributed by atoms with Gasteiger partial charge in [-0.1, -0.05) is 107 Å². The van der Waals surface area contributed by atoms with Gasteiger partial charge < -0.3 is 14.0 Å². The summed E-state index contributed by atoms with van der Waals surface area (Å²) in [4.78, 5) is 14.5. The molecule has 1 saturated carbocycles. The molecule has 0 atom stereocenters. The van der Waals surface area contributed by atoms with Crippen molar-refractivity contribution >= 4 is 46.4 Å². The van der Waals surface area contributed by atoms with Crippen molar-refractivity contribution in [3.63, 3.8) is 0 Å². The van der Waals surface area contributed by atoms with Crippen LogP contribution in [-0.2, 0) is 31.9 Å². The first-order chi connectivity index (χ1) is 24.9. The molecule has 1 radical (unpaired) electrons. The SMILES string of the molecule is CC(C)n1c(-c2[c-]ccc3c2oc2nc(C(C)(C)C)ccc23)nc2ccccc21.C[Si](C)(C)c1cnc(-c2[c-]cccc2)cc1CC1CCCCC1.[Ir]. The van der Waals surface area contributed by atoms with Crippen LogP contribution in [0.3, 0.4) is 0 Å². The minimum atomic E-state index is -1.36. The number of pyridine rings is 2. The molecule has 0 bridgehead atoms. The van der Waals surface area contributed by atoms with E-state index >= 15 is 0 Å². The summed E-state index contributed by atoms with van der Waals surface area (Å²) in [5.74, 6) is 1.75. The summed E-state index contributed by atoms with van der Waals surface area (Å²) in [5.41, 5.74) is 9.16. The van der Waals surface area contributed by atoms with E-state index in [9.17, 15) is 0 Å². The molecule has 7 aromatic rings. The maximum atomic E-state index is 6.31. The molecule has 4 heterocycles. The molecule has 0 unspecified atom stereocenters. The summed E-state index contributed by atoms with van der Waals surface area (Å²) in [6, 6.07) is 33.9. The first-order valence-corrected chi connectivity index (χ1v) is 22.6. The van der Waals surface area contributed by atoms with E-state index in [0.717, 1.165) is 61.6 Å². The molecular formula is C46H52IrN4OSi-2. The number of furan rings is 1. The van der Waals surface area contributed by atoms with Crippen molar-refractivity contribution in [2.24, 2.45) is 5.92 Å². The van der Waals surface area contributed by atoms with Crippen LogP contribution in [0.2, 0.25) is 19.6 Å². The van der Waals surface area contributed by atoms with Crippen LogP contribution in [0.4, 0.5) is 0 Å². The molecular weight excluding hydrogens is 845 g/mol. The first kappa shape index (κ1) is 38.8. The smallest absolute Gasteiger partial charge is 0.216 e. The van der Waals surface area contributed by atoms with Crippen LogP contribution in [-0.4, -0.2) is 27.6 Å². The molecule has 3 aromatic carbocycles. The van der Waals surface area contributed by atoms with Gasteiger partial charge in [-0.3, -0.25) is 4.98 Å². The van der Waals surface area contributed by atoms with Gasteiger partial charge in [-0.15, -0.1) is 54.1 Å². The maximum Gasteiger partial charge on any atom is 0.216 e. The van der Waals surface area contributed by atoms with Gasteiger partial charge in [0.2, 0.25) is 5.71 Å². The Labute approximate surface area is 330 Å². The quantitative estimate of drug-likeness (QED) is 0.123. The Hall–Kier alpha value is -3.90. The van der Waals surface area contributed by atoms with Crippen LogP contribution in [0.5, 0.6) is 0 Å². The third-order valence-electron chi connectivity index (χ3n) is 10.4. The fraction of sp³-hybridized carbons (Fsp3) is 0.370. The molecule has 7 heteroatoms. The van der Waals surface area contributed by atoms with Gasteiger partial charge in [0, 0.05) is 48.8 Å². The summed E-state index contributed by atoms with van der Waals surface area (Å²) in [5, 5.41) is 3.61. The molecule has 1 fully saturated rings. The van der Waals surface area contributed by atoms with Crippen molar-refractivity contribution in [3.05, 3.63) is 108 Å². The summed E-state index contributed by atoms with van der Waals surface area (Å²) < 4.78 is 8.56. The van der Waals surface area contributed by atoms with Crippen LogP contribution in [0.1, 0.15) is 84.0 Å². The summed E-state index contributed by atoms with van der Waals surface area (Å²) in [7, 11) is -1.36. The zero-order valence-electron chi connectivity index (χ0n) is 32.5. The number of imidazole rings is 1. The Balaban J connectivity index is 0.000000183. The average molecular weight is 897 g/mol. The van der Waals surface area contributed by atoms with Crippen molar-refractivity contribution in [1.29, 1.82) is 0 Å². The minimum absolute atomic E-state index is 0. The molecule has 0 saturated heterocycles. The zero-order chi connectivity index (χ0) is 36.6. The van der Waals surface area contributed by atoms with Crippen LogP contribution >= 0.6 is 0 Å². The molecule has 53 heavy (non-hydrogen) atoms. The third kappa shape index (κ3) is 8.28. The Morgan fingerprint density at radius 1 is 0.868 bits per heavy atom. The van der Waals surface area contributed by atoms with E-state index in [-0.39, 0.29) is 31.6 Å². The van der Waals surface area contributed by atoms with Gasteiger partial charge in [-0.2, -0.15) is 0 Å². The van der Waals surface area contributed by atoms with E-state index in [4.69, 9.17) is 19.4 Å². The predicted molar refractivity (Wildman–Crippen MR) is 220 cm³/mol. The number of hydrogen-bond donors (Lipinski definition) is 0. The average Bonchev–Trinajstić information content (AvgIpc) is 3.71. The normalized spacial score (nSPS) is 14.1. The van der Waals surface area contributed by atoms with Crippen molar-refractivity contribution < 1.29 is 24.5 Å². The Bertz CT molecular complexity index is 2320. The number of aromatic nitrogens is 4. The second-order valence-corrected chi connectivity index (χ2v) is 21.9. The van der Waals surface area contributed by atoms with Crippen molar-refractivity contribution in [3.8, 4) is 22.6 Å². The van der Waals surface area contributed by atoms with E-state index in [1.165, 1.54) is 38.5 Å². The molecule has 277 valence electrons. The second kappa shape index (κ2) is 15.8. The van der Waals surface area contributed by atoms with E-state index in [1.54, 1.807) is 10.8 Å². The molecule has 0 N–H and O–H groups in total. The Morgan fingerprint density at radius 2 is 1.62 bits per heavy atom. The number of hydrogen-bond acceptors (Lipinski definition) is 4. The molecule has 0 amide bonds.